The largest absolute Gasteiger partial charge is 0.465 e. The third-order valence-electron chi connectivity index (χ3n) is 5.60. The summed E-state index contributed by atoms with van der Waals surface area (Å²) < 4.78 is 13.8. The number of carbonyl (C=O) groups is 1. The molecule has 2 unspecified atom stereocenters. The normalized spacial score (nSPS) is 18.8. The third-order valence-corrected chi connectivity index (χ3v) is 5.60. The van der Waals surface area contributed by atoms with Crippen molar-refractivity contribution in [1.82, 2.24) is 14.5 Å². The molecule has 31 heavy (non-hydrogen) atoms. The van der Waals surface area contributed by atoms with E-state index in [2.05, 4.69) is 21.7 Å². The van der Waals surface area contributed by atoms with Crippen molar-refractivity contribution in [1.29, 1.82) is 0 Å². The Labute approximate surface area is 181 Å². The van der Waals surface area contributed by atoms with E-state index >= 15 is 0 Å². The summed E-state index contributed by atoms with van der Waals surface area (Å²) >= 11 is 0. The van der Waals surface area contributed by atoms with Gasteiger partial charge in [0.05, 0.1) is 32.4 Å². The summed E-state index contributed by atoms with van der Waals surface area (Å²) in [4.78, 5) is 17.8. The molecular formula is C24H27N3O4. The molecule has 4 rings (SSSR count). The summed E-state index contributed by atoms with van der Waals surface area (Å²) in [7, 11) is 0. The fraction of sp³-hybridized carbons (Fsp3) is 0.333. The van der Waals surface area contributed by atoms with Crippen LogP contribution in [0.2, 0.25) is 0 Å². The fourth-order valence-electron chi connectivity index (χ4n) is 3.91. The van der Waals surface area contributed by atoms with Crippen molar-refractivity contribution in [3.05, 3.63) is 83.3 Å². The van der Waals surface area contributed by atoms with Crippen LogP contribution in [0.3, 0.4) is 0 Å². The molecule has 1 aromatic carbocycles. The van der Waals surface area contributed by atoms with Crippen LogP contribution in [0.4, 0.5) is 4.79 Å². The molecule has 2 aromatic heterocycles. The van der Waals surface area contributed by atoms with E-state index in [1.165, 1.54) is 4.90 Å². The zero-order valence-corrected chi connectivity index (χ0v) is 17.8. The maximum atomic E-state index is 11.9. The molecule has 7 nitrogen and oxygen atoms in total. The van der Waals surface area contributed by atoms with Gasteiger partial charge in [-0.3, -0.25) is 4.90 Å². The molecule has 0 saturated carbocycles. The monoisotopic (exact) mass is 421 g/mol. The Morgan fingerprint density at radius 3 is 2.52 bits per heavy atom. The number of ether oxygens (including phenoxy) is 2. The number of morpholine rings is 1. The van der Waals surface area contributed by atoms with E-state index in [4.69, 9.17) is 9.47 Å². The van der Waals surface area contributed by atoms with Crippen LogP contribution in [0, 0.1) is 13.8 Å². The number of hydrogen-bond donors (Lipinski definition) is 1. The van der Waals surface area contributed by atoms with Crippen molar-refractivity contribution in [3.8, 4) is 5.82 Å². The first-order chi connectivity index (χ1) is 15.0. The van der Waals surface area contributed by atoms with E-state index in [1.807, 2.05) is 56.3 Å². The van der Waals surface area contributed by atoms with E-state index in [0.29, 0.717) is 6.61 Å². The van der Waals surface area contributed by atoms with Crippen LogP contribution in [0.5, 0.6) is 0 Å². The minimum Gasteiger partial charge on any atom is -0.465 e. The molecule has 3 heterocycles. The van der Waals surface area contributed by atoms with Crippen LogP contribution in [0.25, 0.3) is 5.82 Å². The van der Waals surface area contributed by atoms with Crippen LogP contribution in [-0.4, -0.2) is 51.5 Å². The van der Waals surface area contributed by atoms with Crippen LogP contribution < -0.4 is 0 Å². The fourth-order valence-corrected chi connectivity index (χ4v) is 3.91. The molecule has 3 aromatic rings. The predicted molar refractivity (Wildman–Crippen MR) is 116 cm³/mol. The summed E-state index contributed by atoms with van der Waals surface area (Å²) in [5.74, 6) is 0.835. The number of hydrogen-bond acceptors (Lipinski definition) is 4. The first-order valence-electron chi connectivity index (χ1n) is 10.4. The molecule has 0 aliphatic carbocycles. The van der Waals surface area contributed by atoms with Crippen molar-refractivity contribution in [2.45, 2.75) is 32.6 Å². The van der Waals surface area contributed by atoms with Gasteiger partial charge in [-0.15, -0.1) is 0 Å². The van der Waals surface area contributed by atoms with Crippen molar-refractivity contribution in [2.24, 2.45) is 0 Å². The molecule has 7 heteroatoms. The Bertz CT molecular complexity index is 998. The van der Waals surface area contributed by atoms with Gasteiger partial charge in [-0.2, -0.15) is 0 Å². The average molecular weight is 421 g/mol. The lowest BCUT2D eigenvalue weighted by atomic mass is 10.1. The van der Waals surface area contributed by atoms with Crippen molar-refractivity contribution < 1.29 is 19.4 Å². The van der Waals surface area contributed by atoms with Gasteiger partial charge in [0.1, 0.15) is 11.9 Å². The van der Waals surface area contributed by atoms with E-state index < -0.39 is 6.09 Å². The highest BCUT2D eigenvalue weighted by Gasteiger charge is 2.33. The second-order valence-electron chi connectivity index (χ2n) is 7.81. The van der Waals surface area contributed by atoms with Gasteiger partial charge in [0.15, 0.2) is 0 Å². The number of rotatable bonds is 6. The maximum absolute atomic E-state index is 11.9. The lowest BCUT2D eigenvalue weighted by Gasteiger charge is -2.37. The molecule has 1 aliphatic rings. The summed E-state index contributed by atoms with van der Waals surface area (Å²) in [5.41, 5.74) is 4.14. The minimum absolute atomic E-state index is 0.247. The minimum atomic E-state index is -0.968. The molecule has 2 atom stereocenters. The van der Waals surface area contributed by atoms with Crippen molar-refractivity contribution in [2.75, 3.05) is 19.8 Å². The lowest BCUT2D eigenvalue weighted by molar-refractivity contribution is -0.0788. The molecule has 1 saturated heterocycles. The first-order valence-corrected chi connectivity index (χ1v) is 10.4. The van der Waals surface area contributed by atoms with E-state index in [0.717, 1.165) is 28.3 Å². The Morgan fingerprint density at radius 1 is 1.13 bits per heavy atom. The number of pyridine rings is 1. The van der Waals surface area contributed by atoms with Crippen LogP contribution in [0.1, 0.15) is 28.6 Å². The second kappa shape index (κ2) is 9.32. The molecule has 1 fully saturated rings. The van der Waals surface area contributed by atoms with Gasteiger partial charge in [0, 0.05) is 23.1 Å². The Kier molecular flexibility index (Phi) is 6.34. The summed E-state index contributed by atoms with van der Waals surface area (Å²) in [5, 5.41) is 9.72. The topological polar surface area (TPSA) is 76.8 Å². The number of amides is 1. The predicted octanol–water partition coefficient (Wildman–Crippen LogP) is 4.13. The highest BCUT2D eigenvalue weighted by atomic mass is 16.5. The average Bonchev–Trinajstić information content (AvgIpc) is 3.12. The Balaban J connectivity index is 1.39. The van der Waals surface area contributed by atoms with Gasteiger partial charge in [0.2, 0.25) is 0 Å². The smallest absolute Gasteiger partial charge is 0.407 e. The molecule has 1 amide bonds. The summed E-state index contributed by atoms with van der Waals surface area (Å²) in [6.45, 7) is 5.34. The molecule has 1 aliphatic heterocycles. The quantitative estimate of drug-likeness (QED) is 0.648. The molecule has 1 N–H and O–H groups in total. The standard InChI is InChI=1S/C24H27N3O4/c1-17-8-9-18(2)27(17)23-11-10-20(12-25-23)22-13-26(24(28)29)21(16-31-22)15-30-14-19-6-4-3-5-7-19/h3-12,21-22H,13-16H2,1-2H3,(H,28,29). The van der Waals surface area contributed by atoms with Crippen LogP contribution in [0.15, 0.2) is 60.8 Å². The summed E-state index contributed by atoms with van der Waals surface area (Å²) in [6.07, 6.45) is 0.449. The van der Waals surface area contributed by atoms with Gasteiger partial charge in [-0.25, -0.2) is 9.78 Å². The third kappa shape index (κ3) is 4.78. The molecule has 0 radical (unpaired) electrons. The lowest BCUT2D eigenvalue weighted by Crippen LogP contribution is -2.51. The van der Waals surface area contributed by atoms with Gasteiger partial charge in [-0.1, -0.05) is 36.4 Å². The van der Waals surface area contributed by atoms with Crippen molar-refractivity contribution in [3.63, 3.8) is 0 Å². The highest BCUT2D eigenvalue weighted by molar-refractivity contribution is 5.65. The second-order valence-corrected chi connectivity index (χ2v) is 7.81. The first kappa shape index (κ1) is 21.1. The van der Waals surface area contributed by atoms with Crippen molar-refractivity contribution >= 4 is 6.09 Å². The van der Waals surface area contributed by atoms with E-state index in [1.54, 1.807) is 6.20 Å². The Morgan fingerprint density at radius 2 is 1.87 bits per heavy atom. The maximum Gasteiger partial charge on any atom is 0.407 e. The molecular weight excluding hydrogens is 394 g/mol. The SMILES string of the molecule is Cc1ccc(C)n1-c1ccc(C2CN(C(=O)O)C(COCc3ccccc3)CO2)cn1. The zero-order chi connectivity index (χ0) is 21.8. The number of aromatic nitrogens is 2. The summed E-state index contributed by atoms with van der Waals surface area (Å²) in [6, 6.07) is 17.5. The van der Waals surface area contributed by atoms with E-state index in [-0.39, 0.29) is 31.9 Å². The number of nitrogens with zero attached hydrogens (tertiary/aromatic N) is 3. The van der Waals surface area contributed by atoms with Crippen LogP contribution in [-0.2, 0) is 16.1 Å². The van der Waals surface area contributed by atoms with Gasteiger partial charge in [-0.05, 0) is 37.6 Å². The number of aryl methyl sites for hydroxylation is 2. The van der Waals surface area contributed by atoms with Gasteiger partial charge >= 0.3 is 6.09 Å². The zero-order valence-electron chi connectivity index (χ0n) is 17.8. The van der Waals surface area contributed by atoms with Gasteiger partial charge < -0.3 is 19.1 Å². The highest BCUT2D eigenvalue weighted by Crippen LogP contribution is 2.26. The van der Waals surface area contributed by atoms with E-state index in [9.17, 15) is 9.90 Å². The number of benzene rings is 1. The van der Waals surface area contributed by atoms with Crippen LogP contribution >= 0.6 is 0 Å². The molecule has 162 valence electrons. The number of carboxylic acid groups (broad SMARTS) is 1. The molecule has 0 bridgehead atoms. The molecule has 0 spiro atoms. The van der Waals surface area contributed by atoms with Gasteiger partial charge in [0.25, 0.3) is 0 Å². The Hall–Kier alpha value is -3.16.